The summed E-state index contributed by atoms with van der Waals surface area (Å²) >= 11 is 0. The molecule has 3 N–H and O–H groups in total. The first-order valence-electron chi connectivity index (χ1n) is 5.78. The molecule has 0 aromatic carbocycles. The highest BCUT2D eigenvalue weighted by atomic mass is 19.3. The molecule has 0 spiro atoms. The van der Waals surface area contributed by atoms with Gasteiger partial charge in [-0.2, -0.15) is 0 Å². The second-order valence-corrected chi connectivity index (χ2v) is 5.38. The minimum absolute atomic E-state index is 0.0372. The number of carbonyl (C=O) groups is 1. The fourth-order valence-corrected chi connectivity index (χ4v) is 3.16. The third kappa shape index (κ3) is 1.57. The van der Waals surface area contributed by atoms with Crippen LogP contribution < -0.4 is 11.1 Å². The third-order valence-electron chi connectivity index (χ3n) is 4.25. The van der Waals surface area contributed by atoms with Crippen molar-refractivity contribution >= 4 is 5.91 Å². The Labute approximate surface area is 98.9 Å². The number of fused-ring (bicyclic) bond motifs is 1. The molecule has 1 heterocycles. The summed E-state index contributed by atoms with van der Waals surface area (Å²) in [5, 5.41) is 2.22. The van der Waals surface area contributed by atoms with Gasteiger partial charge in [0, 0.05) is 17.9 Å². The molecule has 17 heavy (non-hydrogen) atoms. The van der Waals surface area contributed by atoms with Gasteiger partial charge >= 0.3 is 0 Å². The largest absolute Gasteiger partial charge is 0.377 e. The van der Waals surface area contributed by atoms with Crippen LogP contribution in [0.4, 0.5) is 8.78 Å². The van der Waals surface area contributed by atoms with Crippen LogP contribution >= 0.6 is 0 Å². The lowest BCUT2D eigenvalue weighted by molar-refractivity contribution is -0.175. The Balaban J connectivity index is 2.10. The molecule has 0 radical (unpaired) electrons. The van der Waals surface area contributed by atoms with Gasteiger partial charge in [-0.05, 0) is 6.42 Å². The molecule has 6 heteroatoms. The van der Waals surface area contributed by atoms with E-state index in [1.807, 2.05) is 13.8 Å². The molecule has 1 saturated heterocycles. The number of amides is 1. The van der Waals surface area contributed by atoms with Gasteiger partial charge < -0.3 is 15.8 Å². The summed E-state index contributed by atoms with van der Waals surface area (Å²) in [5.74, 6) is -0.551. The molecule has 0 aromatic heterocycles. The lowest BCUT2D eigenvalue weighted by Crippen LogP contribution is -2.80. The van der Waals surface area contributed by atoms with Crippen LogP contribution in [-0.2, 0) is 9.53 Å². The van der Waals surface area contributed by atoms with E-state index in [1.165, 1.54) is 0 Å². The van der Waals surface area contributed by atoms with Crippen molar-refractivity contribution in [2.24, 2.45) is 17.1 Å². The zero-order chi connectivity index (χ0) is 12.8. The summed E-state index contributed by atoms with van der Waals surface area (Å²) in [7, 11) is 0. The number of carbonyl (C=O) groups excluding carboxylic acids is 1. The molecule has 4 nitrogen and oxygen atoms in total. The monoisotopic (exact) mass is 248 g/mol. The molecular formula is C11H18F2N2O2. The van der Waals surface area contributed by atoms with E-state index < -0.39 is 29.8 Å². The van der Waals surface area contributed by atoms with E-state index in [-0.39, 0.29) is 12.0 Å². The van der Waals surface area contributed by atoms with Gasteiger partial charge in [0.05, 0.1) is 12.6 Å². The summed E-state index contributed by atoms with van der Waals surface area (Å²) in [4.78, 5) is 12.0. The van der Waals surface area contributed by atoms with Crippen molar-refractivity contribution in [3.8, 4) is 0 Å². The van der Waals surface area contributed by atoms with E-state index in [4.69, 9.17) is 10.5 Å². The molecule has 3 unspecified atom stereocenters. The van der Waals surface area contributed by atoms with Crippen molar-refractivity contribution in [2.75, 3.05) is 13.2 Å². The maximum atomic E-state index is 12.1. The third-order valence-corrected chi connectivity index (χ3v) is 4.25. The molecule has 1 aliphatic heterocycles. The minimum atomic E-state index is -2.55. The number of ether oxygens (including phenoxy) is 1. The normalized spacial score (nSPS) is 38.7. The van der Waals surface area contributed by atoms with Crippen LogP contribution in [0.15, 0.2) is 0 Å². The molecule has 2 rings (SSSR count). The SMILES string of the molecule is CC1(C)C2OCCC2C1(N)C(=O)NCC(F)F. The summed E-state index contributed by atoms with van der Waals surface area (Å²) in [6.45, 7) is 3.63. The van der Waals surface area contributed by atoms with Crippen molar-refractivity contribution < 1.29 is 18.3 Å². The zero-order valence-electron chi connectivity index (χ0n) is 10.0. The van der Waals surface area contributed by atoms with Gasteiger partial charge in [0.15, 0.2) is 0 Å². The quantitative estimate of drug-likeness (QED) is 0.765. The standard InChI is InChI=1S/C11H18F2N2O2/c1-10(2)8-6(3-4-17-8)11(10,14)9(16)15-5-7(12)13/h6-8H,3-5,14H2,1-2H3,(H,15,16). The van der Waals surface area contributed by atoms with Crippen LogP contribution in [0, 0.1) is 11.3 Å². The molecule has 2 aliphatic rings. The van der Waals surface area contributed by atoms with Crippen molar-refractivity contribution in [3.63, 3.8) is 0 Å². The van der Waals surface area contributed by atoms with E-state index in [1.54, 1.807) is 0 Å². The maximum Gasteiger partial charge on any atom is 0.255 e. The molecular weight excluding hydrogens is 230 g/mol. The van der Waals surface area contributed by atoms with Gasteiger partial charge in [0.1, 0.15) is 5.54 Å². The van der Waals surface area contributed by atoms with Crippen LogP contribution in [-0.4, -0.2) is 37.1 Å². The van der Waals surface area contributed by atoms with E-state index >= 15 is 0 Å². The zero-order valence-corrected chi connectivity index (χ0v) is 10.0. The molecule has 1 saturated carbocycles. The number of alkyl halides is 2. The number of nitrogens with one attached hydrogen (secondary N) is 1. The van der Waals surface area contributed by atoms with Gasteiger partial charge in [0.25, 0.3) is 6.43 Å². The minimum Gasteiger partial charge on any atom is -0.377 e. The van der Waals surface area contributed by atoms with Crippen molar-refractivity contribution in [1.82, 2.24) is 5.32 Å². The Bertz CT molecular complexity index is 335. The lowest BCUT2D eigenvalue weighted by Gasteiger charge is -2.60. The second kappa shape index (κ2) is 3.88. The highest BCUT2D eigenvalue weighted by molar-refractivity contribution is 5.89. The maximum absolute atomic E-state index is 12.1. The van der Waals surface area contributed by atoms with Gasteiger partial charge in [-0.1, -0.05) is 13.8 Å². The van der Waals surface area contributed by atoms with Crippen molar-refractivity contribution in [3.05, 3.63) is 0 Å². The first-order chi connectivity index (χ1) is 7.81. The number of hydrogen-bond acceptors (Lipinski definition) is 3. The predicted octanol–water partition coefficient (Wildman–Crippen LogP) is 0.510. The number of nitrogens with two attached hydrogens (primary N) is 1. The molecule has 2 fully saturated rings. The Morgan fingerprint density at radius 2 is 2.24 bits per heavy atom. The van der Waals surface area contributed by atoms with E-state index in [9.17, 15) is 13.6 Å². The van der Waals surface area contributed by atoms with Crippen LogP contribution in [0.25, 0.3) is 0 Å². The van der Waals surface area contributed by atoms with Crippen LogP contribution in [0.5, 0.6) is 0 Å². The molecule has 98 valence electrons. The first-order valence-corrected chi connectivity index (χ1v) is 5.78. The highest BCUT2D eigenvalue weighted by Gasteiger charge is 2.71. The van der Waals surface area contributed by atoms with Crippen LogP contribution in [0.3, 0.4) is 0 Å². The topological polar surface area (TPSA) is 64.3 Å². The predicted molar refractivity (Wildman–Crippen MR) is 57.6 cm³/mol. The Morgan fingerprint density at radius 1 is 1.59 bits per heavy atom. The first kappa shape index (κ1) is 12.7. The van der Waals surface area contributed by atoms with Gasteiger partial charge in [-0.25, -0.2) is 8.78 Å². The van der Waals surface area contributed by atoms with Crippen LogP contribution in [0.1, 0.15) is 20.3 Å². The molecule has 0 bridgehead atoms. The fraction of sp³-hybridized carbons (Fsp3) is 0.909. The second-order valence-electron chi connectivity index (χ2n) is 5.38. The van der Waals surface area contributed by atoms with E-state index in [0.29, 0.717) is 13.0 Å². The summed E-state index contributed by atoms with van der Waals surface area (Å²) in [6, 6.07) is 0. The fourth-order valence-electron chi connectivity index (χ4n) is 3.16. The smallest absolute Gasteiger partial charge is 0.255 e. The summed E-state index contributed by atoms with van der Waals surface area (Å²) in [5.41, 5.74) is 4.55. The molecule has 1 amide bonds. The molecule has 1 aliphatic carbocycles. The van der Waals surface area contributed by atoms with Gasteiger partial charge in [-0.15, -0.1) is 0 Å². The van der Waals surface area contributed by atoms with Crippen molar-refractivity contribution in [2.45, 2.75) is 38.3 Å². The van der Waals surface area contributed by atoms with Crippen molar-refractivity contribution in [1.29, 1.82) is 0 Å². The summed E-state index contributed by atoms with van der Waals surface area (Å²) in [6.07, 6.45) is -1.88. The Morgan fingerprint density at radius 3 is 2.82 bits per heavy atom. The Hall–Kier alpha value is -0.750. The Kier molecular flexibility index (Phi) is 2.90. The number of hydrogen-bond donors (Lipinski definition) is 2. The average Bonchev–Trinajstić information content (AvgIpc) is 2.72. The van der Waals surface area contributed by atoms with Crippen LogP contribution in [0.2, 0.25) is 0 Å². The number of rotatable bonds is 3. The summed E-state index contributed by atoms with van der Waals surface area (Å²) < 4.78 is 29.7. The highest BCUT2D eigenvalue weighted by Crippen LogP contribution is 2.58. The molecule has 3 atom stereocenters. The van der Waals surface area contributed by atoms with Gasteiger partial charge in [0.2, 0.25) is 5.91 Å². The van der Waals surface area contributed by atoms with E-state index in [2.05, 4.69) is 5.32 Å². The average molecular weight is 248 g/mol. The number of halogens is 2. The molecule has 0 aromatic rings. The van der Waals surface area contributed by atoms with E-state index in [0.717, 1.165) is 0 Å². The van der Waals surface area contributed by atoms with Gasteiger partial charge in [-0.3, -0.25) is 4.79 Å². The lowest BCUT2D eigenvalue weighted by atomic mass is 9.48.